The fourth-order valence-corrected chi connectivity index (χ4v) is 2.60. The number of nitrogens with one attached hydrogen (secondary N) is 1. The second kappa shape index (κ2) is 5.45. The van der Waals surface area contributed by atoms with E-state index >= 15 is 0 Å². The molecule has 1 aromatic carbocycles. The molecule has 0 fully saturated rings. The summed E-state index contributed by atoms with van der Waals surface area (Å²) in [6, 6.07) is 3.79. The van der Waals surface area contributed by atoms with Crippen molar-refractivity contribution < 1.29 is 17.6 Å². The first-order chi connectivity index (χ1) is 9.70. The highest BCUT2D eigenvalue weighted by molar-refractivity contribution is 7.88. The molecule has 0 spiro atoms. The van der Waals surface area contributed by atoms with E-state index < -0.39 is 21.9 Å². The van der Waals surface area contributed by atoms with Crippen LogP contribution >= 0.6 is 11.6 Å². The van der Waals surface area contributed by atoms with Crippen molar-refractivity contribution in [2.24, 2.45) is 4.40 Å². The summed E-state index contributed by atoms with van der Waals surface area (Å²) in [5.41, 5.74) is -0.00386. The van der Waals surface area contributed by atoms with Gasteiger partial charge in [0.25, 0.3) is 5.91 Å². The number of amides is 1. The Balaban J connectivity index is 2.27. The van der Waals surface area contributed by atoms with Gasteiger partial charge in [0.1, 0.15) is 5.82 Å². The molecule has 1 amide bonds. The maximum atomic E-state index is 13.6. The zero-order valence-corrected chi connectivity index (χ0v) is 12.7. The largest absolute Gasteiger partial charge is 0.344 e. The van der Waals surface area contributed by atoms with Crippen LogP contribution in [0, 0.1) is 5.82 Å². The van der Waals surface area contributed by atoms with E-state index in [2.05, 4.69) is 9.71 Å². The minimum absolute atomic E-state index is 0.0278. The summed E-state index contributed by atoms with van der Waals surface area (Å²) in [7, 11) is -2.54. The summed E-state index contributed by atoms with van der Waals surface area (Å²) in [5, 5.41) is 2.54. The van der Waals surface area contributed by atoms with Crippen molar-refractivity contribution in [3.8, 4) is 0 Å². The van der Waals surface area contributed by atoms with Crippen molar-refractivity contribution in [1.82, 2.24) is 4.31 Å². The minimum atomic E-state index is -3.79. The van der Waals surface area contributed by atoms with Gasteiger partial charge in [-0.3, -0.25) is 9.10 Å². The molecule has 1 heterocycles. The monoisotopic (exact) mass is 331 g/mol. The molecule has 0 atom stereocenters. The van der Waals surface area contributed by atoms with Crippen LogP contribution in [0.2, 0.25) is 5.02 Å². The fourth-order valence-electron chi connectivity index (χ4n) is 1.63. The standard InChI is InChI=1S/C12H11ClFN3O3S/c1-7-9(6-17(2)21(19,20)16-7)12(18)15-11-4-3-8(13)5-10(11)14/h3-6H,1-2H3,(H,15,18). The number of benzene rings is 1. The highest BCUT2D eigenvalue weighted by atomic mass is 35.5. The van der Waals surface area contributed by atoms with Crippen molar-refractivity contribution >= 4 is 39.1 Å². The first kappa shape index (κ1) is 15.5. The van der Waals surface area contributed by atoms with Gasteiger partial charge in [-0.15, -0.1) is 4.40 Å². The lowest BCUT2D eigenvalue weighted by atomic mass is 10.1. The van der Waals surface area contributed by atoms with Gasteiger partial charge >= 0.3 is 10.2 Å². The van der Waals surface area contributed by atoms with Crippen molar-refractivity contribution in [3.05, 3.63) is 40.8 Å². The van der Waals surface area contributed by atoms with Gasteiger partial charge in [-0.2, -0.15) is 8.42 Å². The maximum Gasteiger partial charge on any atom is 0.344 e. The zero-order valence-electron chi connectivity index (χ0n) is 11.1. The number of carbonyl (C=O) groups is 1. The van der Waals surface area contributed by atoms with Gasteiger partial charge < -0.3 is 5.32 Å². The Hall–Kier alpha value is -1.93. The molecule has 112 valence electrons. The predicted octanol–water partition coefficient (Wildman–Crippen LogP) is 1.95. The quantitative estimate of drug-likeness (QED) is 0.899. The van der Waals surface area contributed by atoms with E-state index in [1.807, 2.05) is 0 Å². The molecule has 0 unspecified atom stereocenters. The molecule has 9 heteroatoms. The molecule has 0 saturated heterocycles. The number of rotatable bonds is 2. The van der Waals surface area contributed by atoms with Gasteiger partial charge in [0, 0.05) is 18.3 Å². The molecule has 1 aromatic rings. The summed E-state index contributed by atoms with van der Waals surface area (Å²) < 4.78 is 40.9. The minimum Gasteiger partial charge on any atom is -0.319 e. The third-order valence-electron chi connectivity index (χ3n) is 2.74. The van der Waals surface area contributed by atoms with E-state index in [1.54, 1.807) is 0 Å². The number of carbonyl (C=O) groups excluding carboxylic acids is 1. The molecule has 1 aliphatic rings. The van der Waals surface area contributed by atoms with E-state index in [1.165, 1.54) is 26.1 Å². The number of halogens is 2. The second-order valence-electron chi connectivity index (χ2n) is 4.29. The van der Waals surface area contributed by atoms with Crippen molar-refractivity contribution in [1.29, 1.82) is 0 Å². The molecule has 0 aromatic heterocycles. The third kappa shape index (κ3) is 3.22. The van der Waals surface area contributed by atoms with E-state index in [0.717, 1.165) is 16.6 Å². The lowest BCUT2D eigenvalue weighted by Crippen LogP contribution is -2.30. The number of nitrogens with zero attached hydrogens (tertiary/aromatic N) is 2. The Labute approximate surface area is 126 Å². The summed E-state index contributed by atoms with van der Waals surface area (Å²) in [4.78, 5) is 12.1. The number of anilines is 1. The molecule has 0 aliphatic carbocycles. The van der Waals surface area contributed by atoms with Crippen molar-refractivity contribution in [3.63, 3.8) is 0 Å². The lowest BCUT2D eigenvalue weighted by Gasteiger charge is -2.19. The Morgan fingerprint density at radius 3 is 2.71 bits per heavy atom. The zero-order chi connectivity index (χ0) is 15.8. The van der Waals surface area contributed by atoms with E-state index in [0.29, 0.717) is 0 Å². The topological polar surface area (TPSA) is 78.8 Å². The smallest absolute Gasteiger partial charge is 0.319 e. The number of hydrogen-bond donors (Lipinski definition) is 1. The third-order valence-corrected chi connectivity index (χ3v) is 4.31. The van der Waals surface area contributed by atoms with Crippen LogP contribution < -0.4 is 5.32 Å². The normalized spacial score (nSPS) is 17.0. The Morgan fingerprint density at radius 1 is 1.43 bits per heavy atom. The van der Waals surface area contributed by atoms with Gasteiger partial charge in [-0.1, -0.05) is 11.6 Å². The molecule has 2 rings (SSSR count). The molecule has 1 aliphatic heterocycles. The second-order valence-corrected chi connectivity index (χ2v) is 6.38. The summed E-state index contributed by atoms with van der Waals surface area (Å²) in [6.45, 7) is 1.38. The fraction of sp³-hybridized carbons (Fsp3) is 0.167. The number of hydrogen-bond acceptors (Lipinski definition) is 3. The van der Waals surface area contributed by atoms with Gasteiger partial charge in [0.15, 0.2) is 0 Å². The van der Waals surface area contributed by atoms with Gasteiger partial charge in [0.05, 0.1) is 17.0 Å². The van der Waals surface area contributed by atoms with Crippen molar-refractivity contribution in [2.75, 3.05) is 12.4 Å². The first-order valence-corrected chi connectivity index (χ1v) is 7.51. The SMILES string of the molecule is CC1=NS(=O)(=O)N(C)C=C1C(=O)Nc1ccc(Cl)cc1F. The van der Waals surface area contributed by atoms with Crippen LogP contribution in [-0.4, -0.2) is 31.4 Å². The first-order valence-electron chi connectivity index (χ1n) is 5.74. The molecule has 0 radical (unpaired) electrons. The van der Waals surface area contributed by atoms with Gasteiger partial charge in [0.2, 0.25) is 0 Å². The summed E-state index contributed by atoms with van der Waals surface area (Å²) >= 11 is 5.62. The Kier molecular flexibility index (Phi) is 4.02. The van der Waals surface area contributed by atoms with Crippen LogP contribution in [0.5, 0.6) is 0 Å². The Bertz CT molecular complexity index is 774. The van der Waals surface area contributed by atoms with E-state index in [9.17, 15) is 17.6 Å². The van der Waals surface area contributed by atoms with Crippen LogP contribution in [0.1, 0.15) is 6.92 Å². The van der Waals surface area contributed by atoms with Crippen LogP contribution in [0.25, 0.3) is 0 Å². The average Bonchev–Trinajstić information content (AvgIpc) is 2.36. The molecule has 0 saturated carbocycles. The van der Waals surface area contributed by atoms with Crippen LogP contribution in [0.15, 0.2) is 34.4 Å². The van der Waals surface area contributed by atoms with Crippen LogP contribution in [0.3, 0.4) is 0 Å². The molecule has 1 N–H and O–H groups in total. The summed E-state index contributed by atoms with van der Waals surface area (Å²) in [6.07, 6.45) is 1.13. The predicted molar refractivity (Wildman–Crippen MR) is 77.9 cm³/mol. The molecule has 0 bridgehead atoms. The Morgan fingerprint density at radius 2 is 2.10 bits per heavy atom. The molecule has 21 heavy (non-hydrogen) atoms. The lowest BCUT2D eigenvalue weighted by molar-refractivity contribution is -0.112. The van der Waals surface area contributed by atoms with E-state index in [-0.39, 0.29) is 22.0 Å². The van der Waals surface area contributed by atoms with Crippen molar-refractivity contribution in [2.45, 2.75) is 6.92 Å². The molecular weight excluding hydrogens is 321 g/mol. The van der Waals surface area contributed by atoms with Gasteiger partial charge in [-0.25, -0.2) is 4.39 Å². The molecule has 6 nitrogen and oxygen atoms in total. The molecular formula is C12H11ClFN3O3S. The van der Waals surface area contributed by atoms with E-state index in [4.69, 9.17) is 11.6 Å². The highest BCUT2D eigenvalue weighted by Gasteiger charge is 2.25. The van der Waals surface area contributed by atoms with Crippen LogP contribution in [-0.2, 0) is 15.0 Å². The maximum absolute atomic E-state index is 13.6. The van der Waals surface area contributed by atoms with Gasteiger partial charge in [-0.05, 0) is 25.1 Å². The highest BCUT2D eigenvalue weighted by Crippen LogP contribution is 2.21. The average molecular weight is 332 g/mol. The van der Waals surface area contributed by atoms with Crippen LogP contribution in [0.4, 0.5) is 10.1 Å². The summed E-state index contributed by atoms with van der Waals surface area (Å²) in [5.74, 6) is -1.36.